The van der Waals surface area contributed by atoms with E-state index in [1.165, 1.54) is 11.1 Å². The van der Waals surface area contributed by atoms with E-state index < -0.39 is 74.1 Å². The van der Waals surface area contributed by atoms with E-state index in [-0.39, 0.29) is 36.2 Å². The molecule has 1 saturated heterocycles. The summed E-state index contributed by atoms with van der Waals surface area (Å²) < 4.78 is 33.1. The van der Waals surface area contributed by atoms with Gasteiger partial charge in [0.15, 0.2) is 0 Å². The monoisotopic (exact) mass is 665 g/mol. The highest BCUT2D eigenvalue weighted by atomic mass is 35.5. The number of amides is 4. The molecule has 4 amide bonds. The van der Waals surface area contributed by atoms with E-state index >= 15 is 0 Å². The Morgan fingerprint density at radius 3 is 2.62 bits per heavy atom. The Hall–Kier alpha value is -3.39. The van der Waals surface area contributed by atoms with Crippen LogP contribution in [0.1, 0.15) is 65.7 Å². The van der Waals surface area contributed by atoms with Crippen molar-refractivity contribution in [2.24, 2.45) is 17.8 Å². The molecular weight excluding hydrogens is 626 g/mol. The van der Waals surface area contributed by atoms with Gasteiger partial charge in [-0.05, 0) is 69.4 Å². The van der Waals surface area contributed by atoms with Crippen LogP contribution in [-0.2, 0) is 24.4 Å². The molecule has 5 rings (SSSR count). The van der Waals surface area contributed by atoms with Crippen LogP contribution >= 0.6 is 11.6 Å². The first kappa shape index (κ1) is 33.0. The van der Waals surface area contributed by atoms with Crippen LogP contribution in [0.3, 0.4) is 0 Å². The molecule has 2 aliphatic heterocycles. The standard InChI is InChI=1S/C30H40ClN5O8S/c1-17-7-4-5-8-19-15-30(19,27(39)35-45(42,43)29(3)10-11-29)34-24(37)22-14-20(44-25-21(31)9-6-12-32-25)16-36(22)26(38)23(18(2)13-17)33-28(40)41/h5-6,8-9,12,17-20,22-23,33H,4,7,10-11,13-16H2,1-3H3,(H,34,37)(H,35,39)(H,40,41)/t17-,18-,19-,20-,22+,23+,30-/m1/s1. The molecule has 2 aliphatic carbocycles. The van der Waals surface area contributed by atoms with Gasteiger partial charge in [0.1, 0.15) is 28.7 Å². The van der Waals surface area contributed by atoms with Gasteiger partial charge < -0.3 is 25.4 Å². The van der Waals surface area contributed by atoms with Crippen molar-refractivity contribution in [3.05, 3.63) is 35.5 Å². The third-order valence-corrected chi connectivity index (χ3v) is 12.0. The third kappa shape index (κ3) is 6.91. The van der Waals surface area contributed by atoms with Gasteiger partial charge in [-0.15, -0.1) is 0 Å². The molecule has 4 aliphatic rings. The molecule has 0 unspecified atom stereocenters. The maximum absolute atomic E-state index is 14.1. The Kier molecular flexibility index (Phi) is 9.11. The van der Waals surface area contributed by atoms with Crippen molar-refractivity contribution in [1.29, 1.82) is 0 Å². The average molecular weight is 666 g/mol. The maximum Gasteiger partial charge on any atom is 0.405 e. The molecule has 0 radical (unpaired) electrons. The van der Waals surface area contributed by atoms with E-state index in [0.717, 1.165) is 6.42 Å². The number of carbonyl (C=O) groups excluding carboxylic acids is 3. The van der Waals surface area contributed by atoms with Gasteiger partial charge in [-0.2, -0.15) is 0 Å². The van der Waals surface area contributed by atoms with Crippen molar-refractivity contribution in [1.82, 2.24) is 25.2 Å². The molecule has 3 fully saturated rings. The number of carboxylic acid groups (broad SMARTS) is 1. The predicted octanol–water partition coefficient (Wildman–Crippen LogP) is 2.61. The van der Waals surface area contributed by atoms with E-state index in [1.807, 2.05) is 19.1 Å². The second-order valence-corrected chi connectivity index (χ2v) is 15.8. The highest BCUT2D eigenvalue weighted by Gasteiger charge is 2.63. The Morgan fingerprint density at radius 2 is 1.96 bits per heavy atom. The highest BCUT2D eigenvalue weighted by Crippen LogP contribution is 2.47. The molecule has 7 atom stereocenters. The smallest absolute Gasteiger partial charge is 0.405 e. The number of sulfonamides is 1. The van der Waals surface area contributed by atoms with Gasteiger partial charge in [0, 0.05) is 18.5 Å². The Balaban J connectivity index is 1.48. The molecule has 0 bridgehead atoms. The van der Waals surface area contributed by atoms with Crippen molar-refractivity contribution < 1.29 is 37.4 Å². The van der Waals surface area contributed by atoms with Crippen molar-refractivity contribution in [2.45, 2.75) is 94.2 Å². The van der Waals surface area contributed by atoms with E-state index in [0.29, 0.717) is 25.7 Å². The molecule has 246 valence electrons. The number of fused-ring (bicyclic) bond motifs is 2. The summed E-state index contributed by atoms with van der Waals surface area (Å²) in [6, 6.07) is 0.924. The van der Waals surface area contributed by atoms with Gasteiger partial charge in [0.25, 0.3) is 5.91 Å². The van der Waals surface area contributed by atoms with Crippen LogP contribution in [0.4, 0.5) is 4.79 Å². The van der Waals surface area contributed by atoms with E-state index in [4.69, 9.17) is 16.3 Å². The number of rotatable bonds is 6. The number of nitrogens with zero attached hydrogens (tertiary/aromatic N) is 2. The van der Waals surface area contributed by atoms with Gasteiger partial charge in [0.05, 0.1) is 11.3 Å². The number of halogens is 1. The van der Waals surface area contributed by atoms with Gasteiger partial charge >= 0.3 is 6.09 Å². The first-order valence-electron chi connectivity index (χ1n) is 15.3. The lowest BCUT2D eigenvalue weighted by Gasteiger charge is -2.32. The molecule has 13 nitrogen and oxygen atoms in total. The number of aromatic nitrogens is 1. The molecule has 4 N–H and O–H groups in total. The minimum absolute atomic E-state index is 0.00360. The molecule has 1 aromatic heterocycles. The SMILES string of the molecule is C[C@@H]1CCC=C[C@@H]2C[C@@]2(C(=O)NS(=O)(=O)C2(C)CC2)NC(=O)[C@@H]2C[C@@H](Oc3ncccc3Cl)CN2C(=O)[C@@H](NC(=O)O)[C@H](C)C1. The maximum atomic E-state index is 14.1. The third-order valence-electron chi connectivity index (χ3n) is 9.53. The van der Waals surface area contributed by atoms with Crippen LogP contribution in [0.15, 0.2) is 30.5 Å². The second-order valence-electron chi connectivity index (χ2n) is 13.2. The fourth-order valence-electron chi connectivity index (χ4n) is 6.35. The molecule has 0 spiro atoms. The molecule has 15 heteroatoms. The summed E-state index contributed by atoms with van der Waals surface area (Å²) in [5.41, 5.74) is -1.53. The van der Waals surface area contributed by atoms with Crippen molar-refractivity contribution in [3.8, 4) is 5.88 Å². The Morgan fingerprint density at radius 1 is 1.22 bits per heavy atom. The molecule has 1 aromatic rings. The van der Waals surface area contributed by atoms with Crippen LogP contribution < -0.4 is 20.1 Å². The minimum Gasteiger partial charge on any atom is -0.471 e. The van der Waals surface area contributed by atoms with Gasteiger partial charge in [-0.1, -0.05) is 37.6 Å². The first-order valence-corrected chi connectivity index (χ1v) is 17.1. The molecule has 3 heterocycles. The first-order chi connectivity index (χ1) is 21.2. The van der Waals surface area contributed by atoms with Crippen molar-refractivity contribution in [3.63, 3.8) is 0 Å². The molecule has 2 saturated carbocycles. The topological polar surface area (TPSA) is 184 Å². The van der Waals surface area contributed by atoms with E-state index in [9.17, 15) is 32.7 Å². The number of carbonyl (C=O) groups is 4. The lowest BCUT2D eigenvalue weighted by atomic mass is 9.88. The molecule has 0 aromatic carbocycles. The fraction of sp³-hybridized carbons (Fsp3) is 0.633. The number of nitrogens with one attached hydrogen (secondary N) is 3. The lowest BCUT2D eigenvalue weighted by molar-refractivity contribution is -0.142. The molecular formula is C30H40ClN5O8S. The van der Waals surface area contributed by atoms with Crippen LogP contribution in [0, 0.1) is 17.8 Å². The van der Waals surface area contributed by atoms with Crippen LogP contribution in [0.25, 0.3) is 0 Å². The summed E-state index contributed by atoms with van der Waals surface area (Å²) in [6.45, 7) is 5.32. The van der Waals surface area contributed by atoms with Crippen LogP contribution in [0.5, 0.6) is 5.88 Å². The summed E-state index contributed by atoms with van der Waals surface area (Å²) in [7, 11) is -3.98. The summed E-state index contributed by atoms with van der Waals surface area (Å²) in [5.74, 6) is -2.69. The van der Waals surface area contributed by atoms with Gasteiger partial charge in [-0.3, -0.25) is 19.1 Å². The second kappa shape index (κ2) is 12.4. The van der Waals surface area contributed by atoms with E-state index in [1.54, 1.807) is 26.0 Å². The summed E-state index contributed by atoms with van der Waals surface area (Å²) in [4.78, 5) is 59.0. The largest absolute Gasteiger partial charge is 0.471 e. The van der Waals surface area contributed by atoms with Gasteiger partial charge in [0.2, 0.25) is 27.7 Å². The summed E-state index contributed by atoms with van der Waals surface area (Å²) in [5, 5.41) is 15.0. The van der Waals surface area contributed by atoms with Crippen LogP contribution in [-0.4, -0.2) is 82.2 Å². The number of allylic oxidation sites excluding steroid dienone is 1. The lowest BCUT2D eigenvalue weighted by Crippen LogP contribution is -2.59. The predicted molar refractivity (Wildman–Crippen MR) is 164 cm³/mol. The number of pyridine rings is 1. The normalized spacial score (nSPS) is 33.0. The van der Waals surface area contributed by atoms with E-state index in [2.05, 4.69) is 20.3 Å². The summed E-state index contributed by atoms with van der Waals surface area (Å²) in [6.07, 6.45) is 6.14. The summed E-state index contributed by atoms with van der Waals surface area (Å²) >= 11 is 6.25. The Labute approximate surface area is 267 Å². The van der Waals surface area contributed by atoms with Crippen molar-refractivity contribution in [2.75, 3.05) is 6.54 Å². The van der Waals surface area contributed by atoms with Crippen molar-refractivity contribution >= 4 is 45.4 Å². The zero-order valence-corrected chi connectivity index (χ0v) is 27.1. The zero-order chi connectivity index (χ0) is 32.7. The highest BCUT2D eigenvalue weighted by molar-refractivity contribution is 7.91. The van der Waals surface area contributed by atoms with Gasteiger partial charge in [-0.25, -0.2) is 18.2 Å². The number of ether oxygens (including phenoxy) is 1. The fourth-order valence-corrected chi connectivity index (χ4v) is 7.82. The zero-order valence-electron chi connectivity index (χ0n) is 25.5. The average Bonchev–Trinajstić information content (AvgIpc) is 3.84. The Bertz CT molecular complexity index is 1500. The van der Waals surface area contributed by atoms with Crippen LogP contribution in [0.2, 0.25) is 5.02 Å². The molecule has 45 heavy (non-hydrogen) atoms. The quantitative estimate of drug-likeness (QED) is 0.332. The number of hydrogen-bond donors (Lipinski definition) is 4. The minimum atomic E-state index is -3.98. The number of hydrogen-bond acceptors (Lipinski definition) is 8.